The Kier molecular flexibility index (Phi) is 3.15. The molecule has 2 heteroatoms. The molecule has 1 atom stereocenters. The van der Waals surface area contributed by atoms with Crippen molar-refractivity contribution < 1.29 is 4.79 Å². The summed E-state index contributed by atoms with van der Waals surface area (Å²) in [7, 11) is 0. The van der Waals surface area contributed by atoms with Gasteiger partial charge in [-0.15, -0.1) is 0 Å². The molecule has 1 saturated heterocycles. The number of hydrogen-bond acceptors (Lipinski definition) is 2. The molecule has 1 aliphatic heterocycles. The van der Waals surface area contributed by atoms with Gasteiger partial charge in [0.1, 0.15) is 5.78 Å². The molecular formula is C13H23NO. The Morgan fingerprint density at radius 1 is 1.33 bits per heavy atom. The van der Waals surface area contributed by atoms with Gasteiger partial charge in [0.15, 0.2) is 0 Å². The first kappa shape index (κ1) is 11.1. The zero-order valence-electron chi connectivity index (χ0n) is 10.1. The molecular weight excluding hydrogens is 186 g/mol. The van der Waals surface area contributed by atoms with E-state index in [-0.39, 0.29) is 6.04 Å². The Hall–Kier alpha value is -0.370. The molecule has 1 saturated carbocycles. The summed E-state index contributed by atoms with van der Waals surface area (Å²) in [5.41, 5.74) is 0.519. The van der Waals surface area contributed by atoms with E-state index in [9.17, 15) is 4.79 Å². The highest BCUT2D eigenvalue weighted by molar-refractivity contribution is 5.84. The van der Waals surface area contributed by atoms with Crippen molar-refractivity contribution in [2.45, 2.75) is 58.4 Å². The third-order valence-corrected chi connectivity index (χ3v) is 4.40. The average Bonchev–Trinajstić information content (AvgIpc) is 2.85. The van der Waals surface area contributed by atoms with Crippen LogP contribution in [0.3, 0.4) is 0 Å². The number of Topliss-reactive ketones (excluding diaryl/α,β-unsaturated/α-hetero) is 1. The van der Waals surface area contributed by atoms with E-state index in [1.807, 2.05) is 6.92 Å². The maximum atomic E-state index is 11.9. The Labute approximate surface area is 93.0 Å². The number of likely N-dealkylation sites (N-methyl/N-ethyl adjacent to an activating group) is 1. The Morgan fingerprint density at radius 2 is 2.00 bits per heavy atom. The van der Waals surface area contributed by atoms with Crippen LogP contribution in [0.5, 0.6) is 0 Å². The van der Waals surface area contributed by atoms with Gasteiger partial charge in [0.2, 0.25) is 0 Å². The van der Waals surface area contributed by atoms with Gasteiger partial charge in [0.05, 0.1) is 6.04 Å². The van der Waals surface area contributed by atoms with E-state index in [0.29, 0.717) is 17.6 Å². The van der Waals surface area contributed by atoms with E-state index >= 15 is 0 Å². The molecule has 2 aliphatic rings. The van der Waals surface area contributed by atoms with E-state index in [0.717, 1.165) is 13.0 Å². The summed E-state index contributed by atoms with van der Waals surface area (Å²) < 4.78 is 0. The first-order chi connectivity index (χ1) is 7.21. The van der Waals surface area contributed by atoms with Crippen LogP contribution in [0.25, 0.3) is 0 Å². The molecule has 2 fully saturated rings. The molecule has 15 heavy (non-hydrogen) atoms. The number of carbonyl (C=O) groups excluding carboxylic acids is 1. The summed E-state index contributed by atoms with van der Waals surface area (Å²) in [4.78, 5) is 14.3. The maximum Gasteiger partial charge on any atom is 0.149 e. The molecule has 1 spiro atoms. The van der Waals surface area contributed by atoms with Crippen molar-refractivity contribution in [2.75, 3.05) is 13.1 Å². The molecule has 0 aromatic rings. The zero-order chi connectivity index (χ0) is 10.9. The van der Waals surface area contributed by atoms with E-state index < -0.39 is 0 Å². The van der Waals surface area contributed by atoms with Crippen molar-refractivity contribution in [2.24, 2.45) is 5.41 Å². The molecule has 1 heterocycles. The number of likely N-dealkylation sites (tertiary alicyclic amines) is 1. The molecule has 0 aromatic heterocycles. The third kappa shape index (κ3) is 1.96. The standard InChI is InChI=1S/C13H23NO/c1-3-12(15)11-9-13(7-5-6-8-13)10-14(11)4-2/h11H,3-10H2,1-2H3. The van der Waals surface area contributed by atoms with Crippen LogP contribution in [-0.2, 0) is 4.79 Å². The van der Waals surface area contributed by atoms with Gasteiger partial charge in [0, 0.05) is 13.0 Å². The molecule has 0 amide bonds. The summed E-state index contributed by atoms with van der Waals surface area (Å²) in [6, 6.07) is 0.248. The highest BCUT2D eigenvalue weighted by Gasteiger charge is 2.46. The average molecular weight is 209 g/mol. The van der Waals surface area contributed by atoms with Crippen LogP contribution in [0.2, 0.25) is 0 Å². The number of carbonyl (C=O) groups is 1. The Bertz CT molecular complexity index is 243. The zero-order valence-corrected chi connectivity index (χ0v) is 10.1. The predicted molar refractivity (Wildman–Crippen MR) is 61.9 cm³/mol. The predicted octanol–water partition coefficient (Wildman–Crippen LogP) is 2.62. The van der Waals surface area contributed by atoms with Crippen molar-refractivity contribution in [3.05, 3.63) is 0 Å². The molecule has 86 valence electrons. The second-order valence-electron chi connectivity index (χ2n) is 5.31. The minimum absolute atomic E-state index is 0.248. The van der Waals surface area contributed by atoms with Gasteiger partial charge in [0.25, 0.3) is 0 Å². The Morgan fingerprint density at radius 3 is 2.53 bits per heavy atom. The van der Waals surface area contributed by atoms with E-state index in [2.05, 4.69) is 11.8 Å². The molecule has 2 rings (SSSR count). The number of nitrogens with zero attached hydrogens (tertiary/aromatic N) is 1. The normalized spacial score (nSPS) is 30.1. The van der Waals surface area contributed by atoms with Crippen molar-refractivity contribution in [1.82, 2.24) is 4.90 Å². The first-order valence-corrected chi connectivity index (χ1v) is 6.47. The van der Waals surface area contributed by atoms with Crippen LogP contribution < -0.4 is 0 Å². The van der Waals surface area contributed by atoms with Crippen molar-refractivity contribution in [3.63, 3.8) is 0 Å². The highest BCUT2D eigenvalue weighted by Crippen LogP contribution is 2.47. The second-order valence-corrected chi connectivity index (χ2v) is 5.31. The molecule has 0 aromatic carbocycles. The first-order valence-electron chi connectivity index (χ1n) is 6.47. The van der Waals surface area contributed by atoms with Gasteiger partial charge >= 0.3 is 0 Å². The summed E-state index contributed by atoms with van der Waals surface area (Å²) in [5.74, 6) is 0.459. The summed E-state index contributed by atoms with van der Waals surface area (Å²) in [5, 5.41) is 0. The fourth-order valence-electron chi connectivity index (χ4n) is 3.52. The van der Waals surface area contributed by atoms with Crippen LogP contribution in [0.1, 0.15) is 52.4 Å². The minimum atomic E-state index is 0.248. The largest absolute Gasteiger partial charge is 0.298 e. The smallest absolute Gasteiger partial charge is 0.149 e. The minimum Gasteiger partial charge on any atom is -0.298 e. The van der Waals surface area contributed by atoms with Gasteiger partial charge in [-0.1, -0.05) is 26.7 Å². The van der Waals surface area contributed by atoms with Crippen molar-refractivity contribution in [3.8, 4) is 0 Å². The third-order valence-electron chi connectivity index (χ3n) is 4.40. The SMILES string of the molecule is CCC(=O)C1CC2(CCCC2)CN1CC. The number of rotatable bonds is 3. The highest BCUT2D eigenvalue weighted by atomic mass is 16.1. The lowest BCUT2D eigenvalue weighted by molar-refractivity contribution is -0.123. The fourth-order valence-corrected chi connectivity index (χ4v) is 3.52. The van der Waals surface area contributed by atoms with Gasteiger partial charge in [-0.05, 0) is 31.2 Å². The summed E-state index contributed by atoms with van der Waals surface area (Å²) in [6.45, 7) is 6.40. The quantitative estimate of drug-likeness (QED) is 0.712. The van der Waals surface area contributed by atoms with E-state index in [4.69, 9.17) is 0 Å². The van der Waals surface area contributed by atoms with Gasteiger partial charge < -0.3 is 0 Å². The summed E-state index contributed by atoms with van der Waals surface area (Å²) in [6.07, 6.45) is 7.33. The van der Waals surface area contributed by atoms with E-state index in [1.165, 1.54) is 32.2 Å². The van der Waals surface area contributed by atoms with Gasteiger partial charge in [-0.2, -0.15) is 0 Å². The second kappa shape index (κ2) is 4.25. The molecule has 2 nitrogen and oxygen atoms in total. The topological polar surface area (TPSA) is 20.3 Å². The van der Waals surface area contributed by atoms with Crippen LogP contribution >= 0.6 is 0 Å². The van der Waals surface area contributed by atoms with Crippen molar-refractivity contribution >= 4 is 5.78 Å². The van der Waals surface area contributed by atoms with Crippen LogP contribution in [-0.4, -0.2) is 29.8 Å². The molecule has 0 N–H and O–H groups in total. The van der Waals surface area contributed by atoms with Crippen LogP contribution in [0.4, 0.5) is 0 Å². The molecule has 1 aliphatic carbocycles. The van der Waals surface area contributed by atoms with Gasteiger partial charge in [-0.25, -0.2) is 0 Å². The maximum absolute atomic E-state index is 11.9. The number of hydrogen-bond donors (Lipinski definition) is 0. The lowest BCUT2D eigenvalue weighted by Crippen LogP contribution is -2.35. The van der Waals surface area contributed by atoms with E-state index in [1.54, 1.807) is 0 Å². The lowest BCUT2D eigenvalue weighted by atomic mass is 9.83. The fraction of sp³-hybridized carbons (Fsp3) is 0.923. The van der Waals surface area contributed by atoms with Crippen LogP contribution in [0, 0.1) is 5.41 Å². The lowest BCUT2D eigenvalue weighted by Gasteiger charge is -2.22. The monoisotopic (exact) mass is 209 g/mol. The molecule has 1 unspecified atom stereocenters. The van der Waals surface area contributed by atoms with Gasteiger partial charge in [-0.3, -0.25) is 9.69 Å². The summed E-state index contributed by atoms with van der Waals surface area (Å²) >= 11 is 0. The Balaban J connectivity index is 2.09. The van der Waals surface area contributed by atoms with Crippen LogP contribution in [0.15, 0.2) is 0 Å². The van der Waals surface area contributed by atoms with Crippen molar-refractivity contribution in [1.29, 1.82) is 0 Å². The number of ketones is 1. The molecule has 0 radical (unpaired) electrons. The molecule has 0 bridgehead atoms.